The molecular weight excluding hydrogens is 252 g/mol. The van der Waals surface area contributed by atoms with Gasteiger partial charge in [0, 0.05) is 14.2 Å². The molecule has 0 N–H and O–H groups in total. The quantitative estimate of drug-likeness (QED) is 0.370. The Bertz CT molecular complexity index is 226. The average molecular weight is 270 g/mol. The molecule has 0 fully saturated rings. The maximum absolute atomic E-state index is 10.9. The maximum atomic E-state index is 10.9. The fourth-order valence-corrected chi connectivity index (χ4v) is 0.335. The summed E-state index contributed by atoms with van der Waals surface area (Å²) in [6.45, 7) is 6.12. The first-order chi connectivity index (χ1) is 8.22. The molecule has 0 aliphatic rings. The number of methoxy groups -OCH3 is 2. The number of rotatable bonds is 8. The normalized spacial score (nSPS) is 12.3. The molecule has 9 nitrogen and oxygen atoms in total. The van der Waals surface area contributed by atoms with Gasteiger partial charge in [-0.15, -0.1) is 0 Å². The van der Waals surface area contributed by atoms with Crippen molar-refractivity contribution in [3.8, 4) is 0 Å². The van der Waals surface area contributed by atoms with E-state index in [1.54, 1.807) is 0 Å². The molecule has 18 heavy (non-hydrogen) atoms. The lowest BCUT2D eigenvalue weighted by Gasteiger charge is -2.20. The third-order valence-electron chi connectivity index (χ3n) is 1.66. The van der Waals surface area contributed by atoms with Crippen molar-refractivity contribution in [2.24, 2.45) is 0 Å². The molecule has 0 unspecified atom stereocenters. The van der Waals surface area contributed by atoms with Gasteiger partial charge in [0.1, 0.15) is 0 Å². The topological polar surface area (TPSA) is 90.9 Å². The Balaban J connectivity index is 3.67. The zero-order chi connectivity index (χ0) is 14.2. The van der Waals surface area contributed by atoms with Crippen LogP contribution in [0.5, 0.6) is 0 Å². The van der Waals surface area contributed by atoms with E-state index in [0.717, 1.165) is 0 Å². The molecule has 0 aromatic rings. The van der Waals surface area contributed by atoms with Gasteiger partial charge in [0.25, 0.3) is 0 Å². The molecule has 9 heteroatoms. The zero-order valence-corrected chi connectivity index (χ0v) is 11.2. The lowest BCUT2D eigenvalue weighted by atomic mass is 10.4. The maximum Gasteiger partial charge on any atom is 0.577 e. The van der Waals surface area contributed by atoms with Crippen molar-refractivity contribution in [3.05, 3.63) is 0 Å². The van der Waals surface area contributed by atoms with Gasteiger partial charge in [0.15, 0.2) is 11.6 Å². The SMILES string of the molecule is COC(C)(C)OOOC(=O)OOOC(C)(C)OC. The van der Waals surface area contributed by atoms with Crippen molar-refractivity contribution in [1.82, 2.24) is 0 Å². The lowest BCUT2D eigenvalue weighted by Crippen LogP contribution is -2.28. The predicted molar refractivity (Wildman–Crippen MR) is 54.1 cm³/mol. The number of hydrogen-bond donors (Lipinski definition) is 0. The second-order valence-electron chi connectivity index (χ2n) is 3.93. The summed E-state index contributed by atoms with van der Waals surface area (Å²) in [4.78, 5) is 28.0. The third kappa shape index (κ3) is 8.17. The van der Waals surface area contributed by atoms with Crippen LogP contribution in [0.3, 0.4) is 0 Å². The van der Waals surface area contributed by atoms with Gasteiger partial charge in [-0.2, -0.15) is 14.6 Å². The van der Waals surface area contributed by atoms with Crippen LogP contribution in [-0.4, -0.2) is 31.9 Å². The first-order valence-electron chi connectivity index (χ1n) is 4.91. The van der Waals surface area contributed by atoms with Crippen LogP contribution in [0.2, 0.25) is 0 Å². The van der Waals surface area contributed by atoms with Crippen LogP contribution in [0, 0.1) is 0 Å². The standard InChI is InChI=1S/C9H18O9/c1-8(2,11-5)15-17-13-7(10)14-18-16-9(3,4)12-6/h1-6H3. The van der Waals surface area contributed by atoms with Gasteiger partial charge in [-0.3, -0.25) is 0 Å². The summed E-state index contributed by atoms with van der Waals surface area (Å²) in [5.74, 6) is -2.18. The molecule has 0 saturated heterocycles. The van der Waals surface area contributed by atoms with Crippen LogP contribution in [0.25, 0.3) is 0 Å². The van der Waals surface area contributed by atoms with Gasteiger partial charge in [-0.05, 0) is 37.8 Å². The van der Waals surface area contributed by atoms with E-state index >= 15 is 0 Å². The van der Waals surface area contributed by atoms with Gasteiger partial charge < -0.3 is 9.47 Å². The Hall–Kier alpha value is -0.970. The van der Waals surface area contributed by atoms with E-state index in [9.17, 15) is 4.79 Å². The summed E-state index contributed by atoms with van der Waals surface area (Å²) in [5.41, 5.74) is 0. The van der Waals surface area contributed by atoms with Crippen LogP contribution in [0.4, 0.5) is 4.79 Å². The van der Waals surface area contributed by atoms with Crippen LogP contribution in [-0.2, 0) is 39.1 Å². The highest BCUT2D eigenvalue weighted by Gasteiger charge is 2.22. The summed E-state index contributed by atoms with van der Waals surface area (Å²) in [6, 6.07) is 0. The smallest absolute Gasteiger partial charge is 0.351 e. The summed E-state index contributed by atoms with van der Waals surface area (Å²) in [5, 5.41) is 8.19. The Morgan fingerprint density at radius 3 is 1.39 bits per heavy atom. The highest BCUT2D eigenvalue weighted by atomic mass is 17.6. The molecule has 0 amide bonds. The molecule has 0 spiro atoms. The first kappa shape index (κ1) is 17.0. The molecule has 0 aromatic heterocycles. The van der Waals surface area contributed by atoms with E-state index in [1.807, 2.05) is 0 Å². The fourth-order valence-electron chi connectivity index (χ4n) is 0.335. The monoisotopic (exact) mass is 270 g/mol. The van der Waals surface area contributed by atoms with Gasteiger partial charge in [-0.25, -0.2) is 9.78 Å². The van der Waals surface area contributed by atoms with E-state index in [0.29, 0.717) is 0 Å². The number of carbonyl (C=O) groups excluding carboxylic acids is 1. The van der Waals surface area contributed by atoms with Crippen molar-refractivity contribution in [3.63, 3.8) is 0 Å². The molecule has 0 aliphatic carbocycles. The van der Waals surface area contributed by atoms with E-state index in [4.69, 9.17) is 9.47 Å². The molecule has 0 rings (SSSR count). The minimum Gasteiger partial charge on any atom is -0.351 e. The van der Waals surface area contributed by atoms with Crippen LogP contribution in [0.1, 0.15) is 27.7 Å². The van der Waals surface area contributed by atoms with E-state index in [1.165, 1.54) is 41.9 Å². The molecular formula is C9H18O9. The second-order valence-corrected chi connectivity index (χ2v) is 3.93. The van der Waals surface area contributed by atoms with Crippen LogP contribution < -0.4 is 0 Å². The molecule has 0 radical (unpaired) electrons. The number of hydrogen-bond acceptors (Lipinski definition) is 9. The second kappa shape index (κ2) is 7.46. The molecule has 0 aliphatic heterocycles. The van der Waals surface area contributed by atoms with Gasteiger partial charge in [0.05, 0.1) is 0 Å². The minimum absolute atomic E-state index is 1.09. The van der Waals surface area contributed by atoms with E-state index in [-0.39, 0.29) is 0 Å². The Kier molecular flexibility index (Phi) is 7.06. The van der Waals surface area contributed by atoms with E-state index in [2.05, 4.69) is 29.6 Å². The molecule has 108 valence electrons. The zero-order valence-electron chi connectivity index (χ0n) is 11.2. The number of ether oxygens (including phenoxy) is 2. The molecule has 0 bridgehead atoms. The van der Waals surface area contributed by atoms with Crippen LogP contribution in [0.15, 0.2) is 0 Å². The number of carbonyl (C=O) groups is 1. The highest BCUT2D eigenvalue weighted by Crippen LogP contribution is 2.11. The van der Waals surface area contributed by atoms with Crippen molar-refractivity contribution in [2.75, 3.05) is 14.2 Å². The Morgan fingerprint density at radius 1 is 0.778 bits per heavy atom. The minimum atomic E-state index is -1.34. The lowest BCUT2D eigenvalue weighted by molar-refractivity contribution is -0.577. The van der Waals surface area contributed by atoms with Gasteiger partial charge >= 0.3 is 6.16 Å². The molecule has 0 saturated carbocycles. The fraction of sp³-hybridized carbons (Fsp3) is 0.889. The van der Waals surface area contributed by atoms with Gasteiger partial charge in [0.2, 0.25) is 0 Å². The predicted octanol–water partition coefficient (Wildman–Crippen LogP) is 1.63. The average Bonchev–Trinajstić information content (AvgIpc) is 2.28. The molecule has 0 atom stereocenters. The van der Waals surface area contributed by atoms with Crippen molar-refractivity contribution in [1.29, 1.82) is 0 Å². The van der Waals surface area contributed by atoms with Crippen LogP contribution >= 0.6 is 0 Å². The van der Waals surface area contributed by atoms with E-state index < -0.39 is 17.7 Å². The largest absolute Gasteiger partial charge is 0.577 e. The third-order valence-corrected chi connectivity index (χ3v) is 1.66. The van der Waals surface area contributed by atoms with Crippen molar-refractivity contribution >= 4 is 6.16 Å². The first-order valence-corrected chi connectivity index (χ1v) is 4.91. The molecule has 0 aromatic carbocycles. The molecule has 0 heterocycles. The summed E-state index contributed by atoms with van der Waals surface area (Å²) in [7, 11) is 2.76. The Labute approximate surface area is 104 Å². The summed E-state index contributed by atoms with van der Waals surface area (Å²) < 4.78 is 9.62. The van der Waals surface area contributed by atoms with Crippen molar-refractivity contribution < 1.29 is 43.9 Å². The summed E-state index contributed by atoms with van der Waals surface area (Å²) in [6.07, 6.45) is -1.34. The highest BCUT2D eigenvalue weighted by molar-refractivity contribution is 5.57. The van der Waals surface area contributed by atoms with Gasteiger partial charge in [-0.1, -0.05) is 0 Å². The summed E-state index contributed by atoms with van der Waals surface area (Å²) >= 11 is 0. The van der Waals surface area contributed by atoms with Crippen molar-refractivity contribution in [2.45, 2.75) is 39.3 Å². The Morgan fingerprint density at radius 2 is 1.11 bits per heavy atom.